The Labute approximate surface area is 108 Å². The fraction of sp³-hybridized carbons (Fsp3) is 0.714. The van der Waals surface area contributed by atoms with Crippen LogP contribution in [0.25, 0.3) is 0 Å². The highest BCUT2D eigenvalue weighted by molar-refractivity contribution is 5.22. The van der Waals surface area contributed by atoms with Crippen LogP contribution < -0.4 is 0 Å². The molecule has 2 aliphatic heterocycles. The molecular formula is C14H18O4. The molecule has 0 aliphatic carbocycles. The quantitative estimate of drug-likeness (QED) is 0.707. The first-order valence-corrected chi connectivity index (χ1v) is 6.05. The van der Waals surface area contributed by atoms with E-state index in [1.807, 2.05) is 20.8 Å². The molecule has 2 aliphatic rings. The summed E-state index contributed by atoms with van der Waals surface area (Å²) in [5, 5.41) is 0. The van der Waals surface area contributed by atoms with Crippen molar-refractivity contribution >= 4 is 0 Å². The van der Waals surface area contributed by atoms with Gasteiger partial charge in [-0.1, -0.05) is 18.8 Å². The zero-order valence-corrected chi connectivity index (χ0v) is 10.9. The van der Waals surface area contributed by atoms with Crippen LogP contribution in [0.4, 0.5) is 0 Å². The first-order chi connectivity index (χ1) is 8.49. The molecule has 18 heavy (non-hydrogen) atoms. The molecule has 2 saturated heterocycles. The zero-order valence-electron chi connectivity index (χ0n) is 10.9. The number of rotatable bonds is 3. The highest BCUT2D eigenvalue weighted by Crippen LogP contribution is 2.45. The Bertz CT molecular complexity index is 403. The van der Waals surface area contributed by atoms with Gasteiger partial charge in [-0.15, -0.1) is 12.8 Å². The molecule has 2 rings (SSSR count). The summed E-state index contributed by atoms with van der Waals surface area (Å²) in [4.78, 5) is 0. The Balaban J connectivity index is 2.29. The van der Waals surface area contributed by atoms with Crippen molar-refractivity contribution in [3.8, 4) is 24.7 Å². The summed E-state index contributed by atoms with van der Waals surface area (Å²) in [6.07, 6.45) is 10.4. The molecule has 98 valence electrons. The summed E-state index contributed by atoms with van der Waals surface area (Å²) < 4.78 is 23.0. The average molecular weight is 250 g/mol. The maximum atomic E-state index is 5.83. The Morgan fingerprint density at radius 2 is 2.00 bits per heavy atom. The summed E-state index contributed by atoms with van der Waals surface area (Å²) >= 11 is 0. The number of hydrogen-bond acceptors (Lipinski definition) is 4. The summed E-state index contributed by atoms with van der Waals surface area (Å²) in [6.45, 7) is 5.73. The topological polar surface area (TPSA) is 36.9 Å². The van der Waals surface area contributed by atoms with Gasteiger partial charge < -0.3 is 18.9 Å². The SMILES string of the molecule is C#CCO[C@]1(C#C)[C@@H](CC)O[C@@H]2OC(C)(C)O[C@@H]21. The van der Waals surface area contributed by atoms with Gasteiger partial charge in [0, 0.05) is 0 Å². The van der Waals surface area contributed by atoms with Crippen LogP contribution in [-0.4, -0.2) is 36.5 Å². The van der Waals surface area contributed by atoms with Gasteiger partial charge in [-0.3, -0.25) is 0 Å². The fourth-order valence-electron chi connectivity index (χ4n) is 2.52. The molecule has 4 nitrogen and oxygen atoms in total. The Hall–Kier alpha value is -1.04. The van der Waals surface area contributed by atoms with Crippen molar-refractivity contribution in [1.82, 2.24) is 0 Å². The van der Waals surface area contributed by atoms with Crippen molar-refractivity contribution < 1.29 is 18.9 Å². The molecule has 0 bridgehead atoms. The van der Waals surface area contributed by atoms with Gasteiger partial charge in [-0.2, -0.15) is 0 Å². The lowest BCUT2D eigenvalue weighted by Crippen LogP contribution is -2.50. The largest absolute Gasteiger partial charge is 0.344 e. The van der Waals surface area contributed by atoms with Gasteiger partial charge in [0.2, 0.25) is 0 Å². The molecule has 4 atom stereocenters. The lowest BCUT2D eigenvalue weighted by Gasteiger charge is -2.32. The van der Waals surface area contributed by atoms with Crippen molar-refractivity contribution in [2.45, 2.75) is 57.1 Å². The van der Waals surface area contributed by atoms with Crippen LogP contribution >= 0.6 is 0 Å². The second-order valence-electron chi connectivity index (χ2n) is 4.89. The van der Waals surface area contributed by atoms with E-state index in [4.69, 9.17) is 31.8 Å². The Morgan fingerprint density at radius 3 is 2.56 bits per heavy atom. The molecule has 4 heteroatoms. The van der Waals surface area contributed by atoms with Crippen LogP contribution in [-0.2, 0) is 18.9 Å². The summed E-state index contributed by atoms with van der Waals surface area (Å²) in [6, 6.07) is 0. The van der Waals surface area contributed by atoms with Crippen molar-refractivity contribution in [2.24, 2.45) is 0 Å². The van der Waals surface area contributed by atoms with E-state index in [2.05, 4.69) is 11.8 Å². The summed E-state index contributed by atoms with van der Waals surface area (Å²) in [7, 11) is 0. The van der Waals surface area contributed by atoms with Gasteiger partial charge in [-0.05, 0) is 20.3 Å². The van der Waals surface area contributed by atoms with E-state index in [0.29, 0.717) is 6.42 Å². The minimum absolute atomic E-state index is 0.122. The minimum Gasteiger partial charge on any atom is -0.344 e. The van der Waals surface area contributed by atoms with Gasteiger partial charge in [-0.25, -0.2) is 0 Å². The highest BCUT2D eigenvalue weighted by atomic mass is 16.8. The molecule has 2 fully saturated rings. The summed E-state index contributed by atoms with van der Waals surface area (Å²) in [5.74, 6) is 4.38. The van der Waals surface area contributed by atoms with Crippen molar-refractivity contribution in [3.05, 3.63) is 0 Å². The zero-order chi connectivity index (χ0) is 13.4. The first-order valence-electron chi connectivity index (χ1n) is 6.05. The van der Waals surface area contributed by atoms with E-state index in [-0.39, 0.29) is 12.7 Å². The van der Waals surface area contributed by atoms with E-state index >= 15 is 0 Å². The lowest BCUT2D eigenvalue weighted by molar-refractivity contribution is -0.226. The molecule has 0 amide bonds. The van der Waals surface area contributed by atoms with Crippen LogP contribution in [0.5, 0.6) is 0 Å². The van der Waals surface area contributed by atoms with E-state index in [1.54, 1.807) is 0 Å². The van der Waals surface area contributed by atoms with Crippen LogP contribution in [0.15, 0.2) is 0 Å². The molecule has 0 spiro atoms. The minimum atomic E-state index is -0.973. The van der Waals surface area contributed by atoms with E-state index in [0.717, 1.165) is 0 Å². The second-order valence-corrected chi connectivity index (χ2v) is 4.89. The second kappa shape index (κ2) is 4.57. The number of ether oxygens (including phenoxy) is 4. The van der Waals surface area contributed by atoms with Gasteiger partial charge in [0.15, 0.2) is 23.8 Å². The molecule has 2 heterocycles. The number of fused-ring (bicyclic) bond motifs is 1. The molecule has 0 saturated carbocycles. The molecular weight excluding hydrogens is 232 g/mol. The third-order valence-electron chi connectivity index (χ3n) is 3.25. The number of hydrogen-bond donors (Lipinski definition) is 0. The molecule has 0 radical (unpaired) electrons. The number of terminal acetylenes is 2. The van der Waals surface area contributed by atoms with Gasteiger partial charge >= 0.3 is 0 Å². The summed E-state index contributed by atoms with van der Waals surface area (Å²) in [5.41, 5.74) is -0.973. The predicted octanol–water partition coefficient (Wildman–Crippen LogP) is 1.29. The maximum Gasteiger partial charge on any atom is 0.191 e. The van der Waals surface area contributed by atoms with E-state index in [1.165, 1.54) is 0 Å². The Kier molecular flexibility index (Phi) is 3.40. The average Bonchev–Trinajstić information content (AvgIpc) is 2.77. The van der Waals surface area contributed by atoms with Gasteiger partial charge in [0.1, 0.15) is 12.7 Å². The van der Waals surface area contributed by atoms with Crippen LogP contribution in [0, 0.1) is 24.7 Å². The fourth-order valence-corrected chi connectivity index (χ4v) is 2.52. The standard InChI is InChI=1S/C14H18O4/c1-6-9-15-14(8-3)10(7-2)16-12-11(14)17-13(4,5)18-12/h1,3,10-12H,7,9H2,2,4-5H3/t10-,11+,12-,14-/m1/s1. The lowest BCUT2D eigenvalue weighted by atomic mass is 9.91. The third kappa shape index (κ3) is 1.92. The van der Waals surface area contributed by atoms with Gasteiger partial charge in [0.05, 0.1) is 0 Å². The van der Waals surface area contributed by atoms with Crippen molar-refractivity contribution in [3.63, 3.8) is 0 Å². The smallest absolute Gasteiger partial charge is 0.191 e. The highest BCUT2D eigenvalue weighted by Gasteiger charge is 2.63. The van der Waals surface area contributed by atoms with Crippen LogP contribution in [0.2, 0.25) is 0 Å². The third-order valence-corrected chi connectivity index (χ3v) is 3.25. The monoisotopic (exact) mass is 250 g/mol. The maximum absolute atomic E-state index is 5.83. The van der Waals surface area contributed by atoms with Crippen molar-refractivity contribution in [2.75, 3.05) is 6.61 Å². The van der Waals surface area contributed by atoms with E-state index in [9.17, 15) is 0 Å². The molecule has 0 unspecified atom stereocenters. The van der Waals surface area contributed by atoms with Gasteiger partial charge in [0.25, 0.3) is 0 Å². The van der Waals surface area contributed by atoms with E-state index < -0.39 is 23.8 Å². The first kappa shape index (κ1) is 13.4. The normalized spacial score (nSPS) is 41.1. The van der Waals surface area contributed by atoms with Crippen LogP contribution in [0.1, 0.15) is 27.2 Å². The molecule has 0 aromatic heterocycles. The molecule has 0 aromatic rings. The molecule has 0 N–H and O–H groups in total. The molecule has 0 aromatic carbocycles. The van der Waals surface area contributed by atoms with Crippen LogP contribution in [0.3, 0.4) is 0 Å². The predicted molar refractivity (Wildman–Crippen MR) is 65.3 cm³/mol. The Morgan fingerprint density at radius 1 is 1.28 bits per heavy atom. The van der Waals surface area contributed by atoms with Crippen molar-refractivity contribution in [1.29, 1.82) is 0 Å².